The van der Waals surface area contributed by atoms with Crippen LogP contribution in [0.25, 0.3) is 0 Å². The lowest BCUT2D eigenvalue weighted by Gasteiger charge is -2.42. The lowest BCUT2D eigenvalue weighted by molar-refractivity contribution is -0.128. The number of amides is 4. The zero-order valence-electron chi connectivity index (χ0n) is 11.3. The van der Waals surface area contributed by atoms with Crippen LogP contribution in [-0.2, 0) is 11.8 Å². The number of rotatable bonds is 2. The highest BCUT2D eigenvalue weighted by Crippen LogP contribution is 2.19. The van der Waals surface area contributed by atoms with Crippen molar-refractivity contribution in [2.75, 3.05) is 19.6 Å². The number of imide groups is 1. The van der Waals surface area contributed by atoms with E-state index in [0.29, 0.717) is 0 Å². The van der Waals surface area contributed by atoms with Gasteiger partial charge in [-0.15, -0.1) is 0 Å². The molecule has 0 aliphatic carbocycles. The van der Waals surface area contributed by atoms with Crippen molar-refractivity contribution in [2.24, 2.45) is 7.05 Å². The van der Waals surface area contributed by atoms with Crippen molar-refractivity contribution in [3.63, 3.8) is 0 Å². The molecule has 0 unspecified atom stereocenters. The number of aromatic nitrogens is 2. The van der Waals surface area contributed by atoms with E-state index in [1.807, 2.05) is 0 Å². The van der Waals surface area contributed by atoms with Gasteiger partial charge in [-0.05, 0) is 6.07 Å². The predicted octanol–water partition coefficient (Wildman–Crippen LogP) is -1.84. The summed E-state index contributed by atoms with van der Waals surface area (Å²) >= 11 is 0. The quantitative estimate of drug-likeness (QED) is 0.644. The molecule has 21 heavy (non-hydrogen) atoms. The Kier molecular flexibility index (Phi) is 2.96. The second-order valence-corrected chi connectivity index (χ2v) is 4.97. The zero-order valence-corrected chi connectivity index (χ0v) is 11.3. The minimum Gasteiger partial charge on any atom is -0.333 e. The molecule has 0 atom stereocenters. The van der Waals surface area contributed by atoms with Gasteiger partial charge in [0.05, 0.1) is 12.6 Å². The molecule has 4 amide bonds. The predicted molar refractivity (Wildman–Crippen MR) is 69.4 cm³/mol. The lowest BCUT2D eigenvalue weighted by Crippen LogP contribution is -2.62. The molecule has 9 heteroatoms. The third-order valence-electron chi connectivity index (χ3n) is 3.57. The summed E-state index contributed by atoms with van der Waals surface area (Å²) in [4.78, 5) is 49.0. The first-order chi connectivity index (χ1) is 9.97. The fraction of sp³-hybridized carbons (Fsp3) is 0.417. The van der Waals surface area contributed by atoms with Crippen molar-refractivity contribution < 1.29 is 14.4 Å². The summed E-state index contributed by atoms with van der Waals surface area (Å²) in [5, 5.41) is 6.32. The number of likely N-dealkylation sites (tertiary alicyclic amines) is 1. The van der Waals surface area contributed by atoms with E-state index >= 15 is 0 Å². The van der Waals surface area contributed by atoms with Crippen molar-refractivity contribution >= 4 is 17.8 Å². The van der Waals surface area contributed by atoms with Crippen LogP contribution in [0, 0.1) is 0 Å². The highest BCUT2D eigenvalue weighted by molar-refractivity contribution is 6.02. The molecule has 110 valence electrons. The Morgan fingerprint density at radius 1 is 1.29 bits per heavy atom. The van der Waals surface area contributed by atoms with Crippen LogP contribution in [-0.4, -0.2) is 63.1 Å². The molecule has 1 aromatic heterocycles. The Hall–Kier alpha value is -2.71. The first kappa shape index (κ1) is 13.3. The van der Waals surface area contributed by atoms with Crippen molar-refractivity contribution in [3.8, 4) is 0 Å². The van der Waals surface area contributed by atoms with E-state index in [2.05, 4.69) is 10.4 Å². The van der Waals surface area contributed by atoms with Gasteiger partial charge in [0.15, 0.2) is 0 Å². The van der Waals surface area contributed by atoms with Crippen LogP contribution in [0.2, 0.25) is 0 Å². The number of carbonyl (C=O) groups excluding carboxylic acids is 3. The molecule has 2 fully saturated rings. The number of hydrogen-bond acceptors (Lipinski definition) is 5. The van der Waals surface area contributed by atoms with Gasteiger partial charge < -0.3 is 10.2 Å². The maximum absolute atomic E-state index is 12.2. The standard InChI is InChI=1S/C12H13N5O4/c1-15-9(18)3-2-8(14-15)11(20)16-5-7(6-16)17-10(19)4-13-12(17)21/h2-3,7H,4-6H2,1H3,(H,13,21). The van der Waals surface area contributed by atoms with Gasteiger partial charge >= 0.3 is 6.03 Å². The maximum atomic E-state index is 12.2. The third kappa shape index (κ3) is 2.16. The topological polar surface area (TPSA) is 105 Å². The van der Waals surface area contributed by atoms with Gasteiger partial charge in [0.25, 0.3) is 11.5 Å². The summed E-state index contributed by atoms with van der Waals surface area (Å²) in [5.41, 5.74) is -0.139. The van der Waals surface area contributed by atoms with Gasteiger partial charge in [-0.1, -0.05) is 0 Å². The van der Waals surface area contributed by atoms with Crippen LogP contribution in [0.5, 0.6) is 0 Å². The van der Waals surface area contributed by atoms with Gasteiger partial charge in [0.1, 0.15) is 5.69 Å². The first-order valence-electron chi connectivity index (χ1n) is 6.41. The smallest absolute Gasteiger partial charge is 0.324 e. The van der Waals surface area contributed by atoms with Crippen molar-refractivity contribution in [2.45, 2.75) is 6.04 Å². The Balaban J connectivity index is 1.67. The van der Waals surface area contributed by atoms with E-state index in [1.165, 1.54) is 24.1 Å². The van der Waals surface area contributed by atoms with Crippen LogP contribution in [0.15, 0.2) is 16.9 Å². The van der Waals surface area contributed by atoms with Gasteiger partial charge in [0.2, 0.25) is 5.91 Å². The molecular weight excluding hydrogens is 278 g/mol. The van der Waals surface area contributed by atoms with E-state index in [0.717, 1.165) is 9.58 Å². The van der Waals surface area contributed by atoms with Crippen molar-refractivity contribution in [1.82, 2.24) is 24.9 Å². The monoisotopic (exact) mass is 291 g/mol. The first-order valence-corrected chi connectivity index (χ1v) is 6.41. The summed E-state index contributed by atoms with van der Waals surface area (Å²) in [6.07, 6.45) is 0. The SMILES string of the molecule is Cn1nc(C(=O)N2CC(N3C(=O)CNC3=O)C2)ccc1=O. The number of nitrogens with one attached hydrogen (secondary N) is 1. The fourth-order valence-electron chi connectivity index (χ4n) is 2.37. The van der Waals surface area contributed by atoms with Crippen molar-refractivity contribution in [1.29, 1.82) is 0 Å². The van der Waals surface area contributed by atoms with E-state index in [4.69, 9.17) is 0 Å². The normalized spacial score (nSPS) is 18.7. The van der Waals surface area contributed by atoms with Crippen LogP contribution < -0.4 is 10.9 Å². The molecule has 1 aromatic rings. The summed E-state index contributed by atoms with van der Waals surface area (Å²) in [6.45, 7) is 0.566. The molecule has 9 nitrogen and oxygen atoms in total. The number of urea groups is 1. The molecule has 3 rings (SSSR count). The van der Waals surface area contributed by atoms with Gasteiger partial charge in [-0.25, -0.2) is 9.48 Å². The zero-order chi connectivity index (χ0) is 15.1. The number of nitrogens with zero attached hydrogens (tertiary/aromatic N) is 4. The molecule has 2 aliphatic heterocycles. The average Bonchev–Trinajstić information content (AvgIpc) is 2.72. The minimum absolute atomic E-state index is 0.00559. The second-order valence-electron chi connectivity index (χ2n) is 4.97. The maximum Gasteiger partial charge on any atom is 0.324 e. The summed E-state index contributed by atoms with van der Waals surface area (Å²) in [5.74, 6) is -0.605. The van der Waals surface area contributed by atoms with E-state index in [9.17, 15) is 19.2 Å². The minimum atomic E-state index is -0.419. The summed E-state index contributed by atoms with van der Waals surface area (Å²) in [7, 11) is 1.46. The fourth-order valence-corrected chi connectivity index (χ4v) is 2.37. The second kappa shape index (κ2) is 4.69. The third-order valence-corrected chi connectivity index (χ3v) is 3.57. The molecule has 0 bridgehead atoms. The number of aryl methyl sites for hydroxylation is 1. The molecule has 0 aromatic carbocycles. The lowest BCUT2D eigenvalue weighted by atomic mass is 10.1. The number of carbonyl (C=O) groups is 3. The molecular formula is C12H13N5O4. The highest BCUT2D eigenvalue weighted by Gasteiger charge is 2.43. The highest BCUT2D eigenvalue weighted by atomic mass is 16.2. The van der Waals surface area contributed by atoms with E-state index in [1.54, 1.807) is 0 Å². The molecule has 2 aliphatic rings. The molecule has 0 saturated carbocycles. The summed E-state index contributed by atoms with van der Waals surface area (Å²) < 4.78 is 1.09. The largest absolute Gasteiger partial charge is 0.333 e. The average molecular weight is 291 g/mol. The van der Waals surface area contributed by atoms with Crippen LogP contribution in [0.3, 0.4) is 0 Å². The van der Waals surface area contributed by atoms with Gasteiger partial charge in [-0.2, -0.15) is 5.10 Å². The Morgan fingerprint density at radius 3 is 2.57 bits per heavy atom. The Labute approximate surface area is 119 Å². The summed E-state index contributed by atoms with van der Waals surface area (Å²) in [6, 6.07) is 1.93. The molecule has 0 radical (unpaired) electrons. The van der Waals surface area contributed by atoms with Crippen molar-refractivity contribution in [3.05, 3.63) is 28.2 Å². The molecule has 1 N–H and O–H groups in total. The number of hydrogen-bond donors (Lipinski definition) is 1. The van der Waals surface area contributed by atoms with Crippen LogP contribution in [0.4, 0.5) is 4.79 Å². The van der Waals surface area contributed by atoms with Crippen LogP contribution in [0.1, 0.15) is 10.5 Å². The van der Waals surface area contributed by atoms with Gasteiger partial charge in [0, 0.05) is 26.2 Å². The van der Waals surface area contributed by atoms with Gasteiger partial charge in [-0.3, -0.25) is 19.3 Å². The Bertz CT molecular complexity index is 675. The van der Waals surface area contributed by atoms with Crippen LogP contribution >= 0.6 is 0 Å². The molecule has 2 saturated heterocycles. The molecule has 0 spiro atoms. The molecule has 3 heterocycles. The van der Waals surface area contributed by atoms with E-state index < -0.39 is 6.03 Å². The Morgan fingerprint density at radius 2 is 2.00 bits per heavy atom. The van der Waals surface area contributed by atoms with E-state index in [-0.39, 0.29) is 48.7 Å².